The van der Waals surface area contributed by atoms with Crippen molar-refractivity contribution in [1.82, 2.24) is 5.32 Å². The zero-order chi connectivity index (χ0) is 33.5. The summed E-state index contributed by atoms with van der Waals surface area (Å²) in [5, 5.41) is 3.43. The lowest BCUT2D eigenvalue weighted by Gasteiger charge is -2.37. The second-order valence-electron chi connectivity index (χ2n) is 11.7. The number of carbonyl (C=O) groups is 2. The van der Waals surface area contributed by atoms with Crippen molar-refractivity contribution in [2.24, 2.45) is 0 Å². The van der Waals surface area contributed by atoms with Crippen LogP contribution < -0.4 is 24.3 Å². The van der Waals surface area contributed by atoms with Crippen LogP contribution in [0.15, 0.2) is 126 Å². The van der Waals surface area contributed by atoms with E-state index in [0.29, 0.717) is 52.9 Å². The molecule has 246 valence electrons. The molecule has 8 heteroatoms. The van der Waals surface area contributed by atoms with E-state index < -0.39 is 11.9 Å². The average molecular weight is 646 g/mol. The Morgan fingerprint density at radius 3 is 2.23 bits per heavy atom. The van der Waals surface area contributed by atoms with E-state index in [2.05, 4.69) is 5.32 Å². The minimum absolute atomic E-state index is 0.0448. The van der Waals surface area contributed by atoms with Crippen molar-refractivity contribution >= 4 is 11.8 Å². The van der Waals surface area contributed by atoms with E-state index in [1.54, 1.807) is 14.2 Å². The van der Waals surface area contributed by atoms with Crippen LogP contribution in [0, 0.1) is 0 Å². The number of allylic oxidation sites excluding steroid dienone is 3. The Morgan fingerprint density at radius 1 is 0.771 bits per heavy atom. The van der Waals surface area contributed by atoms with Crippen LogP contribution in [0.2, 0.25) is 0 Å². The van der Waals surface area contributed by atoms with Crippen LogP contribution in [0.5, 0.6) is 23.0 Å². The SMILES string of the molecule is COc1ccc([C@@H]2CC(=O)C3=C(C2)NC(C)=C(C(=O)OCCOc2ccccc2)[C@H]3c2ccccc2OCc2ccccc2)cc1OC. The zero-order valence-corrected chi connectivity index (χ0v) is 27.4. The highest BCUT2D eigenvalue weighted by atomic mass is 16.6. The number of dihydropyridines is 1. The smallest absolute Gasteiger partial charge is 0.336 e. The summed E-state index contributed by atoms with van der Waals surface area (Å²) in [5.74, 6) is 1.19. The number of Topliss-reactive ketones (excluding diaryl/α,β-unsaturated/α-hetero) is 1. The summed E-state index contributed by atoms with van der Waals surface area (Å²) >= 11 is 0. The number of hydrogen-bond acceptors (Lipinski definition) is 8. The number of rotatable bonds is 12. The second-order valence-corrected chi connectivity index (χ2v) is 11.7. The Kier molecular flexibility index (Phi) is 10.1. The zero-order valence-electron chi connectivity index (χ0n) is 27.4. The molecule has 4 aromatic rings. The van der Waals surface area contributed by atoms with E-state index in [-0.39, 0.29) is 31.3 Å². The lowest BCUT2D eigenvalue weighted by molar-refractivity contribution is -0.140. The van der Waals surface area contributed by atoms with Gasteiger partial charge < -0.3 is 29.0 Å². The Labute approximate surface area is 280 Å². The van der Waals surface area contributed by atoms with Crippen LogP contribution in [0.4, 0.5) is 0 Å². The molecule has 0 bridgehead atoms. The van der Waals surface area contributed by atoms with Gasteiger partial charge in [0.15, 0.2) is 17.3 Å². The minimum Gasteiger partial charge on any atom is -0.493 e. The number of carbonyl (C=O) groups excluding carboxylic acids is 2. The second kappa shape index (κ2) is 14.9. The maximum absolute atomic E-state index is 14.3. The molecule has 0 fully saturated rings. The molecule has 1 N–H and O–H groups in total. The predicted molar refractivity (Wildman–Crippen MR) is 182 cm³/mol. The van der Waals surface area contributed by atoms with Gasteiger partial charge in [-0.05, 0) is 60.7 Å². The van der Waals surface area contributed by atoms with Gasteiger partial charge in [0.25, 0.3) is 0 Å². The van der Waals surface area contributed by atoms with Gasteiger partial charge >= 0.3 is 5.97 Å². The lowest BCUT2D eigenvalue weighted by atomic mass is 9.71. The lowest BCUT2D eigenvalue weighted by Crippen LogP contribution is -2.36. The van der Waals surface area contributed by atoms with E-state index in [4.69, 9.17) is 23.7 Å². The highest BCUT2D eigenvalue weighted by Gasteiger charge is 2.42. The van der Waals surface area contributed by atoms with Crippen LogP contribution >= 0.6 is 0 Å². The Balaban J connectivity index is 1.33. The van der Waals surface area contributed by atoms with Gasteiger partial charge in [0.1, 0.15) is 31.3 Å². The maximum Gasteiger partial charge on any atom is 0.336 e. The van der Waals surface area contributed by atoms with Gasteiger partial charge in [0.2, 0.25) is 0 Å². The summed E-state index contributed by atoms with van der Waals surface area (Å²) in [5.41, 5.74) is 5.06. The normalized spacial score (nSPS) is 17.3. The standard InChI is InChI=1S/C40H39NO7/c1-26-37(40(43)47-21-20-46-30-14-8-5-9-15-30)38(31-16-10-11-17-34(31)48-25-27-12-6-4-7-13-27)39-32(41-26)22-29(23-33(39)42)28-18-19-35(44-2)36(24-28)45-3/h4-19,24,29,38,41H,20-23,25H2,1-3H3/t29-,38+/m0/s1. The summed E-state index contributed by atoms with van der Waals surface area (Å²) in [4.78, 5) is 28.2. The first-order valence-corrected chi connectivity index (χ1v) is 16.0. The molecular formula is C40H39NO7. The van der Waals surface area contributed by atoms with Crippen molar-refractivity contribution in [3.8, 4) is 23.0 Å². The van der Waals surface area contributed by atoms with Crippen LogP contribution in [0.3, 0.4) is 0 Å². The summed E-state index contributed by atoms with van der Waals surface area (Å²) in [6.45, 7) is 2.43. The number of methoxy groups -OCH3 is 2. The van der Waals surface area contributed by atoms with Crippen molar-refractivity contribution in [2.75, 3.05) is 27.4 Å². The summed E-state index contributed by atoms with van der Waals surface area (Å²) in [6, 6.07) is 32.6. The average Bonchev–Trinajstić information content (AvgIpc) is 3.12. The molecule has 2 aliphatic rings. The van der Waals surface area contributed by atoms with Gasteiger partial charge in [-0.2, -0.15) is 0 Å². The highest BCUT2D eigenvalue weighted by molar-refractivity contribution is 6.04. The third-order valence-electron chi connectivity index (χ3n) is 8.72. The molecule has 0 radical (unpaired) electrons. The van der Waals surface area contributed by atoms with Crippen molar-refractivity contribution in [2.45, 2.75) is 38.2 Å². The molecule has 0 saturated heterocycles. The van der Waals surface area contributed by atoms with E-state index >= 15 is 0 Å². The first-order chi connectivity index (χ1) is 23.5. The fraction of sp³-hybridized carbons (Fsp3) is 0.250. The molecule has 1 aliphatic heterocycles. The summed E-state index contributed by atoms with van der Waals surface area (Å²) in [6.07, 6.45) is 0.844. The Bertz CT molecular complexity index is 1830. The topological polar surface area (TPSA) is 92.3 Å². The van der Waals surface area contributed by atoms with Crippen LogP contribution in [0.1, 0.15) is 48.3 Å². The first-order valence-electron chi connectivity index (χ1n) is 16.0. The van der Waals surface area contributed by atoms with Crippen molar-refractivity contribution in [3.63, 3.8) is 0 Å². The molecular weight excluding hydrogens is 606 g/mol. The van der Waals surface area contributed by atoms with E-state index in [9.17, 15) is 9.59 Å². The Hall–Kier alpha value is -5.50. The third kappa shape index (κ3) is 7.08. The van der Waals surface area contributed by atoms with Crippen molar-refractivity contribution < 1.29 is 33.3 Å². The molecule has 48 heavy (non-hydrogen) atoms. The number of nitrogens with one attached hydrogen (secondary N) is 1. The number of ketones is 1. The quantitative estimate of drug-likeness (QED) is 0.127. The molecule has 0 saturated carbocycles. The molecule has 2 atom stereocenters. The molecule has 0 aromatic heterocycles. The first kappa shape index (κ1) is 32.4. The molecule has 8 nitrogen and oxygen atoms in total. The molecule has 1 aliphatic carbocycles. The van der Waals surface area contributed by atoms with Gasteiger partial charge in [-0.15, -0.1) is 0 Å². The third-order valence-corrected chi connectivity index (χ3v) is 8.72. The fourth-order valence-electron chi connectivity index (χ4n) is 6.44. The fourth-order valence-corrected chi connectivity index (χ4v) is 6.44. The summed E-state index contributed by atoms with van der Waals surface area (Å²) < 4.78 is 28.9. The van der Waals surface area contributed by atoms with Gasteiger partial charge in [0, 0.05) is 29.0 Å². The molecule has 0 amide bonds. The largest absolute Gasteiger partial charge is 0.493 e. The minimum atomic E-state index is -0.686. The number of ether oxygens (including phenoxy) is 5. The maximum atomic E-state index is 14.3. The van der Waals surface area contributed by atoms with E-state index in [1.807, 2.05) is 110 Å². The number of esters is 1. The van der Waals surface area contributed by atoms with Crippen molar-refractivity contribution in [3.05, 3.63) is 142 Å². The number of hydrogen-bond donors (Lipinski definition) is 1. The van der Waals surface area contributed by atoms with Gasteiger partial charge in [0.05, 0.1) is 25.7 Å². The van der Waals surface area contributed by atoms with Gasteiger partial charge in [-0.25, -0.2) is 4.79 Å². The highest BCUT2D eigenvalue weighted by Crippen LogP contribution is 2.48. The molecule has 0 spiro atoms. The van der Waals surface area contributed by atoms with Gasteiger partial charge in [-0.1, -0.05) is 72.8 Å². The van der Waals surface area contributed by atoms with Crippen LogP contribution in [-0.2, 0) is 20.9 Å². The van der Waals surface area contributed by atoms with Crippen LogP contribution in [0.25, 0.3) is 0 Å². The summed E-state index contributed by atoms with van der Waals surface area (Å²) in [7, 11) is 3.20. The molecule has 0 unspecified atom stereocenters. The van der Waals surface area contributed by atoms with Crippen LogP contribution in [-0.4, -0.2) is 39.2 Å². The number of benzene rings is 4. The number of para-hydroxylation sites is 2. The molecule has 6 rings (SSSR count). The predicted octanol–water partition coefficient (Wildman–Crippen LogP) is 7.27. The van der Waals surface area contributed by atoms with E-state index in [0.717, 1.165) is 22.4 Å². The monoisotopic (exact) mass is 645 g/mol. The molecule has 4 aromatic carbocycles. The molecule has 1 heterocycles. The van der Waals surface area contributed by atoms with Crippen molar-refractivity contribution in [1.29, 1.82) is 0 Å². The Morgan fingerprint density at radius 2 is 1.48 bits per heavy atom. The van der Waals surface area contributed by atoms with E-state index in [1.165, 1.54) is 0 Å². The van der Waals surface area contributed by atoms with Gasteiger partial charge in [-0.3, -0.25) is 4.79 Å².